The molecule has 1 atom stereocenters. The van der Waals surface area contributed by atoms with Crippen molar-refractivity contribution in [1.29, 1.82) is 5.26 Å². The van der Waals surface area contributed by atoms with Gasteiger partial charge in [0.1, 0.15) is 0 Å². The van der Waals surface area contributed by atoms with Gasteiger partial charge in [-0.2, -0.15) is 5.26 Å². The fourth-order valence-electron chi connectivity index (χ4n) is 2.72. The number of hydrogen-bond donors (Lipinski definition) is 0. The summed E-state index contributed by atoms with van der Waals surface area (Å²) in [4.78, 5) is 14.3. The summed E-state index contributed by atoms with van der Waals surface area (Å²) in [5, 5.41) is 9.04. The Bertz CT molecular complexity index is 613. The highest BCUT2D eigenvalue weighted by atomic mass is 79.9. The van der Waals surface area contributed by atoms with Crippen molar-refractivity contribution in [3.8, 4) is 17.6 Å². The van der Waals surface area contributed by atoms with Crippen molar-refractivity contribution < 1.29 is 14.3 Å². The van der Waals surface area contributed by atoms with Crippen LogP contribution in [0.2, 0.25) is 0 Å². The number of halogens is 1. The monoisotopic (exact) mass is 380 g/mol. The molecule has 1 amide bonds. The molecule has 0 saturated carbocycles. The third-order valence-corrected chi connectivity index (χ3v) is 4.49. The second kappa shape index (κ2) is 8.21. The Morgan fingerprint density at radius 2 is 2.22 bits per heavy atom. The van der Waals surface area contributed by atoms with E-state index in [9.17, 15) is 4.79 Å². The summed E-state index contributed by atoms with van der Waals surface area (Å²) in [5.41, 5.74) is 0.476. The normalized spacial score (nSPS) is 17.5. The zero-order valence-electron chi connectivity index (χ0n) is 13.5. The summed E-state index contributed by atoms with van der Waals surface area (Å²) in [6.45, 7) is 5.14. The van der Waals surface area contributed by atoms with Crippen LogP contribution in [0.5, 0.6) is 11.5 Å². The van der Waals surface area contributed by atoms with E-state index in [1.54, 1.807) is 12.1 Å². The maximum absolute atomic E-state index is 12.4. The maximum atomic E-state index is 12.4. The Labute approximate surface area is 145 Å². The minimum atomic E-state index is -0.0328. The Kier molecular flexibility index (Phi) is 6.28. The maximum Gasteiger partial charge on any atom is 0.260 e. The van der Waals surface area contributed by atoms with Gasteiger partial charge in [-0.05, 0) is 55.1 Å². The highest BCUT2D eigenvalue weighted by Gasteiger charge is 2.24. The number of benzene rings is 1. The van der Waals surface area contributed by atoms with Crippen LogP contribution in [0.1, 0.15) is 38.7 Å². The van der Waals surface area contributed by atoms with Crippen LogP contribution in [0, 0.1) is 11.3 Å². The summed E-state index contributed by atoms with van der Waals surface area (Å²) in [6.07, 6.45) is 3.25. The Hall–Kier alpha value is -1.74. The van der Waals surface area contributed by atoms with E-state index < -0.39 is 0 Å². The number of nitriles is 1. The lowest BCUT2D eigenvalue weighted by atomic mass is 10.0. The van der Waals surface area contributed by atoms with E-state index >= 15 is 0 Å². The molecule has 1 aromatic rings. The smallest absolute Gasteiger partial charge is 0.260 e. The highest BCUT2D eigenvalue weighted by molar-refractivity contribution is 9.10. The van der Waals surface area contributed by atoms with Gasteiger partial charge in [0.05, 0.1) is 22.7 Å². The number of rotatable bonds is 5. The number of hydrogen-bond acceptors (Lipinski definition) is 4. The van der Waals surface area contributed by atoms with Crippen molar-refractivity contribution in [3.05, 3.63) is 22.2 Å². The van der Waals surface area contributed by atoms with Crippen molar-refractivity contribution in [2.45, 2.75) is 39.2 Å². The van der Waals surface area contributed by atoms with Crippen LogP contribution in [0.3, 0.4) is 0 Å². The van der Waals surface area contributed by atoms with Crippen molar-refractivity contribution >= 4 is 21.8 Å². The number of nitrogens with zero attached hydrogens (tertiary/aromatic N) is 2. The van der Waals surface area contributed by atoms with Crippen LogP contribution in [-0.4, -0.2) is 36.6 Å². The molecule has 1 saturated heterocycles. The van der Waals surface area contributed by atoms with Gasteiger partial charge in [-0.3, -0.25) is 4.79 Å². The van der Waals surface area contributed by atoms with Gasteiger partial charge in [-0.15, -0.1) is 0 Å². The number of carbonyl (C=O) groups excluding carboxylic acids is 1. The van der Waals surface area contributed by atoms with Crippen LogP contribution in [0.15, 0.2) is 16.6 Å². The first-order valence-corrected chi connectivity index (χ1v) is 8.64. The second-order valence-electron chi connectivity index (χ2n) is 5.55. The third-order valence-electron chi connectivity index (χ3n) is 3.90. The molecule has 1 unspecified atom stereocenters. The lowest BCUT2D eigenvalue weighted by Gasteiger charge is -2.33. The largest absolute Gasteiger partial charge is 0.490 e. The van der Waals surface area contributed by atoms with E-state index in [1.165, 1.54) is 6.42 Å². The molecule has 5 nitrogen and oxygen atoms in total. The summed E-state index contributed by atoms with van der Waals surface area (Å²) in [7, 11) is 0. The van der Waals surface area contributed by atoms with Crippen molar-refractivity contribution in [2.24, 2.45) is 0 Å². The fraction of sp³-hybridized carbons (Fsp3) is 0.529. The van der Waals surface area contributed by atoms with E-state index in [2.05, 4.69) is 28.9 Å². The molecule has 6 heteroatoms. The summed E-state index contributed by atoms with van der Waals surface area (Å²) < 4.78 is 11.8. The van der Waals surface area contributed by atoms with Crippen molar-refractivity contribution in [3.63, 3.8) is 0 Å². The quantitative estimate of drug-likeness (QED) is 0.783. The third kappa shape index (κ3) is 4.38. The minimum absolute atomic E-state index is 0.0177. The Morgan fingerprint density at radius 1 is 1.43 bits per heavy atom. The topological polar surface area (TPSA) is 62.6 Å². The van der Waals surface area contributed by atoms with Gasteiger partial charge in [0.15, 0.2) is 18.1 Å². The number of carbonyl (C=O) groups is 1. The van der Waals surface area contributed by atoms with E-state index in [4.69, 9.17) is 14.7 Å². The lowest BCUT2D eigenvalue weighted by molar-refractivity contribution is -0.136. The molecule has 1 heterocycles. The molecule has 124 valence electrons. The molecule has 0 radical (unpaired) electrons. The predicted octanol–water partition coefficient (Wildman–Crippen LogP) is 3.50. The van der Waals surface area contributed by atoms with E-state index in [-0.39, 0.29) is 18.6 Å². The second-order valence-corrected chi connectivity index (χ2v) is 6.41. The van der Waals surface area contributed by atoms with Gasteiger partial charge in [0, 0.05) is 18.7 Å². The standard InChI is InChI=1S/C17H21BrN2O3/c1-3-22-15-9-13(10-19)8-14(18)17(15)23-11-16(21)20-7-5-4-6-12(20)2/h8-9,12H,3-7,11H2,1-2H3. The molecule has 0 aromatic heterocycles. The molecule has 0 aliphatic carbocycles. The molecular formula is C17H21BrN2O3. The molecular weight excluding hydrogens is 360 g/mol. The summed E-state index contributed by atoms with van der Waals surface area (Å²) >= 11 is 3.39. The average molecular weight is 381 g/mol. The number of amides is 1. The highest BCUT2D eigenvalue weighted by Crippen LogP contribution is 2.36. The molecule has 23 heavy (non-hydrogen) atoms. The first-order valence-electron chi connectivity index (χ1n) is 7.85. The van der Waals surface area contributed by atoms with Gasteiger partial charge in [0.25, 0.3) is 5.91 Å². The molecule has 1 aliphatic rings. The van der Waals surface area contributed by atoms with Crippen LogP contribution < -0.4 is 9.47 Å². The van der Waals surface area contributed by atoms with E-state index in [0.29, 0.717) is 28.1 Å². The molecule has 0 spiro atoms. The molecule has 1 fully saturated rings. The fourth-order valence-corrected chi connectivity index (χ4v) is 3.28. The number of likely N-dealkylation sites (tertiary alicyclic amines) is 1. The summed E-state index contributed by atoms with van der Waals surface area (Å²) in [5.74, 6) is 0.915. The predicted molar refractivity (Wildman–Crippen MR) is 90.5 cm³/mol. The van der Waals surface area contributed by atoms with Crippen LogP contribution >= 0.6 is 15.9 Å². The lowest BCUT2D eigenvalue weighted by Crippen LogP contribution is -2.44. The zero-order chi connectivity index (χ0) is 16.8. The van der Waals surface area contributed by atoms with Crippen LogP contribution in [0.25, 0.3) is 0 Å². The van der Waals surface area contributed by atoms with E-state index in [1.807, 2.05) is 11.8 Å². The molecule has 0 bridgehead atoms. The van der Waals surface area contributed by atoms with Gasteiger partial charge in [-0.25, -0.2) is 0 Å². The number of piperidine rings is 1. The molecule has 1 aromatic carbocycles. The van der Waals surface area contributed by atoms with Crippen molar-refractivity contribution in [1.82, 2.24) is 4.90 Å². The van der Waals surface area contributed by atoms with Crippen LogP contribution in [0.4, 0.5) is 0 Å². The van der Waals surface area contributed by atoms with Crippen LogP contribution in [-0.2, 0) is 4.79 Å². The van der Waals surface area contributed by atoms with E-state index in [0.717, 1.165) is 19.4 Å². The zero-order valence-corrected chi connectivity index (χ0v) is 15.1. The molecule has 2 rings (SSSR count). The van der Waals surface area contributed by atoms with Gasteiger partial charge < -0.3 is 14.4 Å². The van der Waals surface area contributed by atoms with Gasteiger partial charge >= 0.3 is 0 Å². The minimum Gasteiger partial charge on any atom is -0.490 e. The summed E-state index contributed by atoms with van der Waals surface area (Å²) in [6, 6.07) is 5.62. The van der Waals surface area contributed by atoms with Gasteiger partial charge in [-0.1, -0.05) is 0 Å². The first-order chi connectivity index (χ1) is 11.1. The molecule has 1 aliphatic heterocycles. The average Bonchev–Trinajstić information content (AvgIpc) is 2.54. The molecule has 0 N–H and O–H groups in total. The van der Waals surface area contributed by atoms with Gasteiger partial charge in [0.2, 0.25) is 0 Å². The van der Waals surface area contributed by atoms with Crippen molar-refractivity contribution in [2.75, 3.05) is 19.8 Å². The first kappa shape index (κ1) is 17.6. The SMILES string of the molecule is CCOc1cc(C#N)cc(Br)c1OCC(=O)N1CCCCC1C. The number of ether oxygens (including phenoxy) is 2. The Balaban J connectivity index is 2.10. The Morgan fingerprint density at radius 3 is 2.87 bits per heavy atom.